The number of aromatic nitrogens is 1. The van der Waals surface area contributed by atoms with Gasteiger partial charge in [0.2, 0.25) is 0 Å². The zero-order valence-electron chi connectivity index (χ0n) is 7.33. The van der Waals surface area contributed by atoms with Crippen molar-refractivity contribution >= 4 is 6.08 Å². The molecule has 12 heavy (non-hydrogen) atoms. The van der Waals surface area contributed by atoms with E-state index >= 15 is 0 Å². The van der Waals surface area contributed by atoms with E-state index < -0.39 is 0 Å². The lowest BCUT2D eigenvalue weighted by Gasteiger charge is -2.11. The van der Waals surface area contributed by atoms with Crippen molar-refractivity contribution in [3.63, 3.8) is 0 Å². The zero-order valence-corrected chi connectivity index (χ0v) is 7.33. The summed E-state index contributed by atoms with van der Waals surface area (Å²) in [5, 5.41) is 0. The minimum Gasteiger partial charge on any atom is -0.324 e. The van der Waals surface area contributed by atoms with Crippen molar-refractivity contribution in [2.45, 2.75) is 19.4 Å². The molecule has 0 aliphatic heterocycles. The van der Waals surface area contributed by atoms with E-state index in [0.29, 0.717) is 0 Å². The molecule has 1 aromatic heterocycles. The molecule has 0 amide bonds. The third-order valence-electron chi connectivity index (χ3n) is 1.95. The Morgan fingerprint density at radius 2 is 2.50 bits per heavy atom. The first kappa shape index (κ1) is 8.94. The Hall–Kier alpha value is -1.15. The average Bonchev–Trinajstić information content (AvgIpc) is 2.16. The Labute approximate surface area is 73.1 Å². The van der Waals surface area contributed by atoms with Crippen LogP contribution < -0.4 is 5.73 Å². The van der Waals surface area contributed by atoms with Crippen LogP contribution in [0.15, 0.2) is 25.0 Å². The predicted octanol–water partition coefficient (Wildman–Crippen LogP) is 2.13. The molecule has 0 saturated heterocycles. The van der Waals surface area contributed by atoms with Crippen LogP contribution >= 0.6 is 0 Å². The Bertz CT molecular complexity index is 268. The topological polar surface area (TPSA) is 38.9 Å². The molecule has 0 radical (unpaired) electrons. The first-order chi connectivity index (χ1) is 5.79. The first-order valence-electron chi connectivity index (χ1n) is 4.11. The Kier molecular flexibility index (Phi) is 3.00. The Balaban J connectivity index is 3.04. The summed E-state index contributed by atoms with van der Waals surface area (Å²) in [6, 6.07) is 2.00. The average molecular weight is 162 g/mol. The fourth-order valence-electron chi connectivity index (χ4n) is 1.13. The number of nitrogens with zero attached hydrogens (tertiary/aromatic N) is 1. The summed E-state index contributed by atoms with van der Waals surface area (Å²) in [5.41, 5.74) is 8.04. The molecule has 2 heteroatoms. The molecule has 0 aromatic carbocycles. The number of hydrogen-bond donors (Lipinski definition) is 1. The number of pyridine rings is 1. The molecular formula is C10H14N2. The van der Waals surface area contributed by atoms with Crippen LogP contribution in [0.4, 0.5) is 0 Å². The van der Waals surface area contributed by atoms with Crippen molar-refractivity contribution in [3.8, 4) is 0 Å². The van der Waals surface area contributed by atoms with Gasteiger partial charge in [-0.25, -0.2) is 0 Å². The van der Waals surface area contributed by atoms with E-state index in [0.717, 1.165) is 17.5 Å². The van der Waals surface area contributed by atoms with Crippen LogP contribution in [0.1, 0.15) is 30.5 Å². The first-order valence-corrected chi connectivity index (χ1v) is 4.11. The van der Waals surface area contributed by atoms with E-state index in [1.165, 1.54) is 0 Å². The molecule has 0 saturated carbocycles. The molecule has 0 unspecified atom stereocenters. The summed E-state index contributed by atoms with van der Waals surface area (Å²) in [5.74, 6) is 0. The van der Waals surface area contributed by atoms with Crippen LogP contribution in [0, 0.1) is 0 Å². The summed E-state index contributed by atoms with van der Waals surface area (Å²) in [7, 11) is 0. The summed E-state index contributed by atoms with van der Waals surface area (Å²) < 4.78 is 0. The highest BCUT2D eigenvalue weighted by Gasteiger charge is 2.06. The summed E-state index contributed by atoms with van der Waals surface area (Å²) >= 11 is 0. The van der Waals surface area contributed by atoms with Crippen LogP contribution in [0.5, 0.6) is 0 Å². The lowest BCUT2D eigenvalue weighted by molar-refractivity contribution is 0.694. The molecule has 64 valence electrons. The third-order valence-corrected chi connectivity index (χ3v) is 1.95. The monoisotopic (exact) mass is 162 g/mol. The second-order valence-electron chi connectivity index (χ2n) is 2.72. The molecule has 0 aliphatic carbocycles. The molecule has 0 bridgehead atoms. The van der Waals surface area contributed by atoms with Crippen LogP contribution in [0.2, 0.25) is 0 Å². The lowest BCUT2D eigenvalue weighted by Crippen LogP contribution is -2.10. The van der Waals surface area contributed by atoms with Gasteiger partial charge < -0.3 is 5.73 Å². The van der Waals surface area contributed by atoms with Gasteiger partial charge in [-0.1, -0.05) is 19.6 Å². The van der Waals surface area contributed by atoms with Crippen molar-refractivity contribution in [1.29, 1.82) is 0 Å². The highest BCUT2D eigenvalue weighted by Crippen LogP contribution is 2.17. The van der Waals surface area contributed by atoms with Crippen LogP contribution in [-0.2, 0) is 0 Å². The number of hydrogen-bond acceptors (Lipinski definition) is 2. The maximum atomic E-state index is 5.88. The van der Waals surface area contributed by atoms with Gasteiger partial charge in [-0.15, -0.1) is 0 Å². The molecule has 2 N–H and O–H groups in total. The molecule has 1 rings (SSSR count). The normalized spacial score (nSPS) is 12.5. The van der Waals surface area contributed by atoms with Crippen molar-refractivity contribution in [2.75, 3.05) is 0 Å². The maximum Gasteiger partial charge on any atom is 0.0321 e. The summed E-state index contributed by atoms with van der Waals surface area (Å²) in [4.78, 5) is 4.03. The maximum absolute atomic E-state index is 5.88. The minimum atomic E-state index is 0.0756. The lowest BCUT2D eigenvalue weighted by atomic mass is 10.0. The van der Waals surface area contributed by atoms with Gasteiger partial charge in [0.05, 0.1) is 0 Å². The van der Waals surface area contributed by atoms with Crippen molar-refractivity contribution in [1.82, 2.24) is 4.98 Å². The number of nitrogens with two attached hydrogens (primary N) is 1. The number of rotatable bonds is 3. The van der Waals surface area contributed by atoms with Crippen LogP contribution in [-0.4, -0.2) is 4.98 Å². The second kappa shape index (κ2) is 4.02. The van der Waals surface area contributed by atoms with E-state index in [9.17, 15) is 0 Å². The van der Waals surface area contributed by atoms with Gasteiger partial charge in [-0.05, 0) is 23.6 Å². The van der Waals surface area contributed by atoms with Crippen molar-refractivity contribution < 1.29 is 0 Å². The van der Waals surface area contributed by atoms with Gasteiger partial charge in [-0.2, -0.15) is 0 Å². The smallest absolute Gasteiger partial charge is 0.0321 e. The van der Waals surface area contributed by atoms with E-state index in [1.54, 1.807) is 6.20 Å². The van der Waals surface area contributed by atoms with Crippen molar-refractivity contribution in [3.05, 3.63) is 36.2 Å². The molecule has 2 nitrogen and oxygen atoms in total. The van der Waals surface area contributed by atoms with Crippen molar-refractivity contribution in [2.24, 2.45) is 5.73 Å². The van der Waals surface area contributed by atoms with Gasteiger partial charge in [0, 0.05) is 18.4 Å². The standard InChI is InChI=1S/C10H14N2/c1-3-8-5-6-12-7-9(8)10(11)4-2/h3,5-7,10H,1,4,11H2,2H3/t10-/m1/s1. The molecular weight excluding hydrogens is 148 g/mol. The fraction of sp³-hybridized carbons (Fsp3) is 0.300. The zero-order chi connectivity index (χ0) is 8.97. The Morgan fingerprint density at radius 3 is 3.08 bits per heavy atom. The van der Waals surface area contributed by atoms with Gasteiger partial charge in [0.1, 0.15) is 0 Å². The van der Waals surface area contributed by atoms with Gasteiger partial charge in [0.25, 0.3) is 0 Å². The fourth-order valence-corrected chi connectivity index (χ4v) is 1.13. The van der Waals surface area contributed by atoms with E-state index in [2.05, 4.69) is 18.5 Å². The predicted molar refractivity (Wildman–Crippen MR) is 51.5 cm³/mol. The second-order valence-corrected chi connectivity index (χ2v) is 2.72. The highest BCUT2D eigenvalue weighted by atomic mass is 14.7. The van der Waals surface area contributed by atoms with E-state index in [-0.39, 0.29) is 6.04 Å². The molecule has 1 heterocycles. The van der Waals surface area contributed by atoms with Crippen LogP contribution in [0.25, 0.3) is 6.08 Å². The van der Waals surface area contributed by atoms with Gasteiger partial charge >= 0.3 is 0 Å². The molecule has 0 fully saturated rings. The van der Waals surface area contributed by atoms with Crippen LogP contribution in [0.3, 0.4) is 0 Å². The molecule has 0 spiro atoms. The molecule has 1 atom stereocenters. The van der Waals surface area contributed by atoms with E-state index in [1.807, 2.05) is 18.3 Å². The summed E-state index contributed by atoms with van der Waals surface area (Å²) in [6.07, 6.45) is 6.30. The SMILES string of the molecule is C=Cc1ccncc1[C@H](N)CC. The third kappa shape index (κ3) is 1.71. The molecule has 0 aliphatic rings. The molecule has 1 aromatic rings. The Morgan fingerprint density at radius 1 is 1.75 bits per heavy atom. The summed E-state index contributed by atoms with van der Waals surface area (Å²) in [6.45, 7) is 5.78. The van der Waals surface area contributed by atoms with E-state index in [4.69, 9.17) is 5.73 Å². The largest absolute Gasteiger partial charge is 0.324 e. The van der Waals surface area contributed by atoms with Gasteiger partial charge in [0.15, 0.2) is 0 Å². The van der Waals surface area contributed by atoms with Gasteiger partial charge in [-0.3, -0.25) is 4.98 Å². The minimum absolute atomic E-state index is 0.0756. The highest BCUT2D eigenvalue weighted by molar-refractivity contribution is 5.51. The quantitative estimate of drug-likeness (QED) is 0.739.